The van der Waals surface area contributed by atoms with E-state index in [4.69, 9.17) is 9.47 Å². The maximum atomic E-state index is 11.7. The van der Waals surface area contributed by atoms with Crippen molar-refractivity contribution in [3.05, 3.63) is 39.5 Å². The zero-order valence-corrected chi connectivity index (χ0v) is 21.5. The van der Waals surface area contributed by atoms with E-state index in [1.54, 1.807) is 0 Å². The highest BCUT2D eigenvalue weighted by molar-refractivity contribution is 14.1. The topological polar surface area (TPSA) is 47.6 Å². The van der Waals surface area contributed by atoms with Crippen LogP contribution in [0.4, 0.5) is 0 Å². The summed E-state index contributed by atoms with van der Waals surface area (Å²) in [5.41, 5.74) is 1.55. The van der Waals surface area contributed by atoms with Crippen LogP contribution in [0.25, 0.3) is 10.8 Å². The molecule has 5 heteroatoms. The van der Waals surface area contributed by atoms with Gasteiger partial charge in [-0.1, -0.05) is 45.0 Å². The molecule has 1 aliphatic rings. The van der Waals surface area contributed by atoms with Crippen molar-refractivity contribution >= 4 is 39.3 Å². The molecule has 0 radical (unpaired) electrons. The van der Waals surface area contributed by atoms with Gasteiger partial charge in [0.2, 0.25) is 0 Å². The molecule has 170 valence electrons. The Bertz CT molecular complexity index is 882. The Balaban J connectivity index is 1.74. The summed E-state index contributed by atoms with van der Waals surface area (Å²) < 4.78 is 12.9. The molecule has 0 atom stereocenters. The number of hydrogen-bond donors (Lipinski definition) is 1. The molecule has 2 aromatic carbocycles. The van der Waals surface area contributed by atoms with Crippen LogP contribution in [0.5, 0.6) is 5.75 Å². The number of fused-ring (bicyclic) bond motifs is 1. The van der Waals surface area contributed by atoms with E-state index in [0.717, 1.165) is 24.5 Å². The summed E-state index contributed by atoms with van der Waals surface area (Å²) in [6, 6.07) is 10.7. The first-order valence-corrected chi connectivity index (χ1v) is 12.6. The van der Waals surface area contributed by atoms with Gasteiger partial charge >= 0.3 is 5.97 Å². The maximum Gasteiger partial charge on any atom is 0.307 e. The number of carbonyl (C=O) groups excluding carboxylic acids is 1. The molecule has 0 amide bonds. The number of carbonyl (C=O) groups is 1. The summed E-state index contributed by atoms with van der Waals surface area (Å²) in [6.45, 7) is 10.6. The van der Waals surface area contributed by atoms with E-state index in [-0.39, 0.29) is 12.1 Å². The number of nitrogens with one attached hydrogen (secondary N) is 1. The molecule has 4 nitrogen and oxygen atoms in total. The molecule has 3 rings (SSSR count). The van der Waals surface area contributed by atoms with Gasteiger partial charge in [0.05, 0.1) is 19.1 Å². The van der Waals surface area contributed by atoms with E-state index < -0.39 is 0 Å². The summed E-state index contributed by atoms with van der Waals surface area (Å²) in [6.07, 6.45) is 5.33. The van der Waals surface area contributed by atoms with Crippen molar-refractivity contribution in [1.29, 1.82) is 0 Å². The highest BCUT2D eigenvalue weighted by Gasteiger charge is 2.30. The van der Waals surface area contributed by atoms with E-state index >= 15 is 0 Å². The Labute approximate surface area is 200 Å². The second-order valence-electron chi connectivity index (χ2n) is 9.57. The molecule has 0 saturated heterocycles. The van der Waals surface area contributed by atoms with Crippen LogP contribution in [0.2, 0.25) is 0 Å². The van der Waals surface area contributed by atoms with Crippen LogP contribution < -0.4 is 10.1 Å². The molecule has 0 aromatic heterocycles. The number of ether oxygens (including phenoxy) is 2. The third kappa shape index (κ3) is 6.58. The molecule has 0 heterocycles. The molecular formula is C26H36INO3. The summed E-state index contributed by atoms with van der Waals surface area (Å²) >= 11 is 2.41. The van der Waals surface area contributed by atoms with Crippen LogP contribution in [-0.2, 0) is 16.1 Å². The second kappa shape index (κ2) is 11.0. The van der Waals surface area contributed by atoms with Crippen LogP contribution in [0, 0.1) is 14.9 Å². The van der Waals surface area contributed by atoms with Gasteiger partial charge in [-0.15, -0.1) is 0 Å². The Hall–Kier alpha value is -1.34. The Morgan fingerprint density at radius 3 is 2.45 bits per heavy atom. The molecule has 2 aromatic rings. The van der Waals surface area contributed by atoms with Gasteiger partial charge in [0, 0.05) is 22.2 Å². The fourth-order valence-electron chi connectivity index (χ4n) is 4.52. The number of halogens is 1. The molecule has 1 N–H and O–H groups in total. The Kier molecular flexibility index (Phi) is 8.62. The number of hydrogen-bond acceptors (Lipinski definition) is 4. The van der Waals surface area contributed by atoms with Crippen LogP contribution in [-0.4, -0.2) is 25.2 Å². The van der Waals surface area contributed by atoms with Crippen LogP contribution in [0.15, 0.2) is 30.3 Å². The lowest BCUT2D eigenvalue weighted by Gasteiger charge is -2.37. The third-order valence-corrected chi connectivity index (χ3v) is 7.26. The highest BCUT2D eigenvalue weighted by Crippen LogP contribution is 2.40. The lowest BCUT2D eigenvalue weighted by molar-refractivity contribution is -0.142. The number of rotatable bonds is 8. The van der Waals surface area contributed by atoms with Crippen molar-refractivity contribution in [3.8, 4) is 5.75 Å². The van der Waals surface area contributed by atoms with Gasteiger partial charge in [0.1, 0.15) is 5.75 Å². The number of esters is 1. The summed E-state index contributed by atoms with van der Waals surface area (Å²) in [5.74, 6) is 1.59. The van der Waals surface area contributed by atoms with Gasteiger partial charge < -0.3 is 14.8 Å². The lowest BCUT2D eigenvalue weighted by atomic mass is 9.72. The minimum absolute atomic E-state index is 0.158. The predicted octanol–water partition coefficient (Wildman–Crippen LogP) is 6.47. The van der Waals surface area contributed by atoms with Gasteiger partial charge in [-0.05, 0) is 83.4 Å². The lowest BCUT2D eigenvalue weighted by Crippen LogP contribution is -2.31. The number of benzene rings is 2. The van der Waals surface area contributed by atoms with Gasteiger partial charge in [0.25, 0.3) is 0 Å². The Morgan fingerprint density at radius 1 is 1.13 bits per heavy atom. The van der Waals surface area contributed by atoms with Gasteiger partial charge in [0.15, 0.2) is 0 Å². The normalized spacial score (nSPS) is 19.4. The van der Waals surface area contributed by atoms with Crippen molar-refractivity contribution in [3.63, 3.8) is 0 Å². The zero-order chi connectivity index (χ0) is 22.4. The van der Waals surface area contributed by atoms with Gasteiger partial charge in [-0.2, -0.15) is 0 Å². The van der Waals surface area contributed by atoms with Crippen molar-refractivity contribution < 1.29 is 14.3 Å². The fourth-order valence-corrected chi connectivity index (χ4v) is 5.27. The molecule has 0 bridgehead atoms. The van der Waals surface area contributed by atoms with Crippen LogP contribution in [0.3, 0.4) is 0 Å². The molecule has 0 spiro atoms. The van der Waals surface area contributed by atoms with Crippen LogP contribution >= 0.6 is 22.6 Å². The second-order valence-corrected chi connectivity index (χ2v) is 10.7. The average molecular weight is 537 g/mol. The zero-order valence-electron chi connectivity index (χ0n) is 19.3. The molecule has 1 aliphatic carbocycles. The summed E-state index contributed by atoms with van der Waals surface area (Å²) in [4.78, 5) is 11.7. The fraction of sp³-hybridized carbons (Fsp3) is 0.577. The first-order valence-electron chi connectivity index (χ1n) is 11.5. The largest absolute Gasteiger partial charge is 0.490 e. The molecule has 0 aliphatic heterocycles. The minimum atomic E-state index is -0.158. The third-order valence-electron chi connectivity index (χ3n) is 6.37. The van der Waals surface area contributed by atoms with Crippen molar-refractivity contribution in [1.82, 2.24) is 5.32 Å². The predicted molar refractivity (Wildman–Crippen MR) is 135 cm³/mol. The highest BCUT2D eigenvalue weighted by atomic mass is 127. The smallest absolute Gasteiger partial charge is 0.307 e. The maximum absolute atomic E-state index is 11.7. The van der Waals surface area contributed by atoms with Gasteiger partial charge in [-0.25, -0.2) is 0 Å². The minimum Gasteiger partial charge on any atom is -0.490 e. The summed E-state index contributed by atoms with van der Waals surface area (Å²) in [7, 11) is 0. The average Bonchev–Trinajstić information content (AvgIpc) is 2.73. The van der Waals surface area contributed by atoms with Crippen molar-refractivity contribution in [2.75, 3.05) is 13.2 Å². The van der Waals surface area contributed by atoms with E-state index in [0.29, 0.717) is 31.5 Å². The van der Waals surface area contributed by atoms with E-state index in [1.807, 2.05) is 6.92 Å². The quantitative estimate of drug-likeness (QED) is 0.238. The molecule has 1 fully saturated rings. The van der Waals surface area contributed by atoms with E-state index in [9.17, 15) is 4.79 Å². The monoisotopic (exact) mass is 537 g/mol. The molecule has 1 saturated carbocycles. The SMILES string of the molecule is CCOC(=O)CCNCc1c(OC2CCC(C(C)(C)C)CC2)cc(I)c2ccccc12. The Morgan fingerprint density at radius 2 is 1.81 bits per heavy atom. The molecule has 31 heavy (non-hydrogen) atoms. The molecule has 0 unspecified atom stereocenters. The van der Waals surface area contributed by atoms with Crippen molar-refractivity contribution in [2.45, 2.75) is 72.4 Å². The standard InChI is InChI=1S/C26H36INO3/c1-5-30-25(29)14-15-28-17-22-20-8-6-7-9-21(20)23(27)16-24(22)31-19-12-10-18(11-13-19)26(2,3)4/h6-9,16,18-19,28H,5,10-15,17H2,1-4H3. The first-order chi connectivity index (χ1) is 14.8. The van der Waals surface area contributed by atoms with Crippen LogP contribution in [0.1, 0.15) is 65.4 Å². The van der Waals surface area contributed by atoms with E-state index in [2.05, 4.69) is 79.0 Å². The van der Waals surface area contributed by atoms with Crippen molar-refractivity contribution in [2.24, 2.45) is 11.3 Å². The van der Waals surface area contributed by atoms with Gasteiger partial charge in [-0.3, -0.25) is 4.79 Å². The summed E-state index contributed by atoms with van der Waals surface area (Å²) in [5, 5.41) is 5.89. The first kappa shape index (κ1) is 24.3. The van der Waals surface area contributed by atoms with E-state index in [1.165, 1.54) is 32.7 Å². The molecular weight excluding hydrogens is 501 g/mol.